The van der Waals surface area contributed by atoms with Crippen molar-refractivity contribution in [2.75, 3.05) is 13.2 Å². The van der Waals surface area contributed by atoms with Crippen LogP contribution in [0.4, 0.5) is 0 Å². The van der Waals surface area contributed by atoms with Gasteiger partial charge in [0.1, 0.15) is 6.10 Å². The van der Waals surface area contributed by atoms with Gasteiger partial charge in [-0.25, -0.2) is 9.59 Å². The molecule has 1 saturated carbocycles. The number of hydrogen-bond donors (Lipinski definition) is 0. The molecular weight excluding hydrogens is 276 g/mol. The van der Waals surface area contributed by atoms with Crippen LogP contribution in [0.15, 0.2) is 12.2 Å². The lowest BCUT2D eigenvalue weighted by molar-refractivity contribution is -0.161. The number of esters is 3. The maximum absolute atomic E-state index is 11.5. The molecule has 0 N–H and O–H groups in total. The number of carbonyl (C=O) groups is 3. The van der Waals surface area contributed by atoms with Crippen molar-refractivity contribution >= 4 is 17.9 Å². The molecule has 1 aliphatic rings. The third-order valence-electron chi connectivity index (χ3n) is 3.12. The molecule has 0 heterocycles. The van der Waals surface area contributed by atoms with Crippen molar-refractivity contribution in [3.05, 3.63) is 12.2 Å². The second kappa shape index (κ2) is 9.15. The van der Waals surface area contributed by atoms with Crippen LogP contribution in [0.3, 0.4) is 0 Å². The first kappa shape index (κ1) is 17.2. The molecule has 118 valence electrons. The molecule has 1 fully saturated rings. The first-order valence-electron chi connectivity index (χ1n) is 7.23. The Balaban J connectivity index is 2.23. The first-order chi connectivity index (χ1) is 10.0. The third kappa shape index (κ3) is 6.92. The quantitative estimate of drug-likeness (QED) is 0.406. The molecular formula is C15H22O6. The molecule has 0 saturated heterocycles. The van der Waals surface area contributed by atoms with Crippen LogP contribution in [0.5, 0.6) is 0 Å². The summed E-state index contributed by atoms with van der Waals surface area (Å²) in [5.74, 6) is -1.91. The van der Waals surface area contributed by atoms with Gasteiger partial charge in [-0.05, 0) is 32.6 Å². The lowest BCUT2D eigenvalue weighted by Gasteiger charge is -2.21. The van der Waals surface area contributed by atoms with E-state index in [2.05, 4.69) is 11.3 Å². The highest BCUT2D eigenvalue weighted by Gasteiger charge is 2.20. The standard InChI is InChI=1S/C15H22O6/c1-3-19-13(16)9-11(2)15(18)20-10-14(17)21-12-7-5-4-6-8-12/h12H,2-10H2,1H3. The molecule has 0 atom stereocenters. The van der Waals surface area contributed by atoms with Gasteiger partial charge in [-0.3, -0.25) is 4.79 Å². The van der Waals surface area contributed by atoms with Gasteiger partial charge in [-0.2, -0.15) is 0 Å². The van der Waals surface area contributed by atoms with Crippen LogP contribution in [0.2, 0.25) is 0 Å². The van der Waals surface area contributed by atoms with E-state index >= 15 is 0 Å². The smallest absolute Gasteiger partial charge is 0.344 e. The molecule has 0 bridgehead atoms. The highest BCUT2D eigenvalue weighted by Crippen LogP contribution is 2.20. The second-order valence-corrected chi connectivity index (χ2v) is 4.91. The molecule has 0 aromatic rings. The van der Waals surface area contributed by atoms with E-state index in [-0.39, 0.29) is 24.7 Å². The van der Waals surface area contributed by atoms with Crippen molar-refractivity contribution in [1.82, 2.24) is 0 Å². The van der Waals surface area contributed by atoms with Gasteiger partial charge in [0, 0.05) is 5.57 Å². The van der Waals surface area contributed by atoms with E-state index in [0.717, 1.165) is 32.1 Å². The fourth-order valence-corrected chi connectivity index (χ4v) is 2.09. The van der Waals surface area contributed by atoms with Crippen LogP contribution >= 0.6 is 0 Å². The van der Waals surface area contributed by atoms with E-state index < -0.39 is 24.5 Å². The molecule has 6 nitrogen and oxygen atoms in total. The van der Waals surface area contributed by atoms with Gasteiger partial charge in [0.25, 0.3) is 0 Å². The summed E-state index contributed by atoms with van der Waals surface area (Å²) in [5, 5.41) is 0. The van der Waals surface area contributed by atoms with Crippen LogP contribution in [0.25, 0.3) is 0 Å². The Morgan fingerprint density at radius 1 is 1.05 bits per heavy atom. The summed E-state index contributed by atoms with van der Waals surface area (Å²) in [4.78, 5) is 34.3. The first-order valence-corrected chi connectivity index (χ1v) is 7.23. The molecule has 0 radical (unpaired) electrons. The van der Waals surface area contributed by atoms with Crippen molar-refractivity contribution in [3.63, 3.8) is 0 Å². The minimum Gasteiger partial charge on any atom is -0.466 e. The van der Waals surface area contributed by atoms with E-state index in [9.17, 15) is 14.4 Å². The Kier molecular flexibility index (Phi) is 7.50. The van der Waals surface area contributed by atoms with Gasteiger partial charge in [0.15, 0.2) is 6.61 Å². The SMILES string of the molecule is C=C(CC(=O)OCC)C(=O)OCC(=O)OC1CCCCC1. The zero-order chi connectivity index (χ0) is 15.7. The average molecular weight is 298 g/mol. The lowest BCUT2D eigenvalue weighted by atomic mass is 9.98. The summed E-state index contributed by atoms with van der Waals surface area (Å²) in [5.41, 5.74) is -0.0427. The van der Waals surface area contributed by atoms with Crippen molar-refractivity contribution in [2.45, 2.75) is 51.6 Å². The highest BCUT2D eigenvalue weighted by atomic mass is 16.6. The van der Waals surface area contributed by atoms with E-state index in [1.54, 1.807) is 6.92 Å². The van der Waals surface area contributed by atoms with Crippen LogP contribution < -0.4 is 0 Å². The molecule has 1 aliphatic carbocycles. The zero-order valence-electron chi connectivity index (χ0n) is 12.4. The predicted octanol–water partition coefficient (Wildman–Crippen LogP) is 1.91. The van der Waals surface area contributed by atoms with Gasteiger partial charge in [0.05, 0.1) is 13.0 Å². The normalized spacial score (nSPS) is 15.1. The summed E-state index contributed by atoms with van der Waals surface area (Å²) >= 11 is 0. The third-order valence-corrected chi connectivity index (χ3v) is 3.12. The van der Waals surface area contributed by atoms with Gasteiger partial charge < -0.3 is 14.2 Å². The fourth-order valence-electron chi connectivity index (χ4n) is 2.09. The second-order valence-electron chi connectivity index (χ2n) is 4.91. The van der Waals surface area contributed by atoms with E-state index in [4.69, 9.17) is 9.47 Å². The fraction of sp³-hybridized carbons (Fsp3) is 0.667. The monoisotopic (exact) mass is 298 g/mol. The van der Waals surface area contributed by atoms with E-state index in [1.165, 1.54) is 0 Å². The van der Waals surface area contributed by atoms with Crippen LogP contribution in [0.1, 0.15) is 45.4 Å². The summed E-state index contributed by atoms with van der Waals surface area (Å²) in [6.45, 7) is 4.88. The Hall–Kier alpha value is -1.85. The molecule has 0 aromatic heterocycles. The summed E-state index contributed by atoms with van der Waals surface area (Å²) in [6.07, 6.45) is 4.65. The largest absolute Gasteiger partial charge is 0.466 e. The Morgan fingerprint density at radius 3 is 2.33 bits per heavy atom. The van der Waals surface area contributed by atoms with E-state index in [0.29, 0.717) is 0 Å². The molecule has 1 rings (SSSR count). The summed E-state index contributed by atoms with van der Waals surface area (Å²) < 4.78 is 14.7. The molecule has 6 heteroatoms. The number of ether oxygens (including phenoxy) is 3. The van der Waals surface area contributed by atoms with Crippen molar-refractivity contribution in [2.24, 2.45) is 0 Å². The topological polar surface area (TPSA) is 78.9 Å². The maximum Gasteiger partial charge on any atom is 0.344 e. The summed E-state index contributed by atoms with van der Waals surface area (Å²) in [6, 6.07) is 0. The van der Waals surface area contributed by atoms with Gasteiger partial charge >= 0.3 is 17.9 Å². The predicted molar refractivity (Wildman–Crippen MR) is 74.3 cm³/mol. The summed E-state index contributed by atoms with van der Waals surface area (Å²) in [7, 11) is 0. The van der Waals surface area contributed by atoms with Crippen molar-refractivity contribution in [1.29, 1.82) is 0 Å². The zero-order valence-corrected chi connectivity index (χ0v) is 12.4. The lowest BCUT2D eigenvalue weighted by Crippen LogP contribution is -2.25. The molecule has 0 unspecified atom stereocenters. The number of hydrogen-bond acceptors (Lipinski definition) is 6. The highest BCUT2D eigenvalue weighted by molar-refractivity contribution is 5.94. The van der Waals surface area contributed by atoms with Crippen LogP contribution in [0, 0.1) is 0 Å². The van der Waals surface area contributed by atoms with Crippen molar-refractivity contribution in [3.8, 4) is 0 Å². The van der Waals surface area contributed by atoms with Gasteiger partial charge in [0.2, 0.25) is 0 Å². The number of rotatable bonds is 7. The Morgan fingerprint density at radius 2 is 1.71 bits per heavy atom. The van der Waals surface area contributed by atoms with Gasteiger partial charge in [-0.1, -0.05) is 13.0 Å². The van der Waals surface area contributed by atoms with Crippen LogP contribution in [-0.2, 0) is 28.6 Å². The van der Waals surface area contributed by atoms with Crippen LogP contribution in [-0.4, -0.2) is 37.2 Å². The number of carbonyl (C=O) groups excluding carboxylic acids is 3. The average Bonchev–Trinajstić information content (AvgIpc) is 2.46. The van der Waals surface area contributed by atoms with Crippen molar-refractivity contribution < 1.29 is 28.6 Å². The minimum absolute atomic E-state index is 0.0427. The molecule has 0 amide bonds. The van der Waals surface area contributed by atoms with E-state index in [1.807, 2.05) is 0 Å². The Labute approximate surface area is 124 Å². The Bertz CT molecular complexity index is 395. The molecule has 0 spiro atoms. The van der Waals surface area contributed by atoms with Gasteiger partial charge in [-0.15, -0.1) is 0 Å². The molecule has 21 heavy (non-hydrogen) atoms. The maximum atomic E-state index is 11.5. The minimum atomic E-state index is -0.788. The molecule has 0 aliphatic heterocycles. The molecule has 0 aromatic carbocycles.